The second kappa shape index (κ2) is 9.66. The third kappa shape index (κ3) is 5.92. The zero-order valence-electron chi connectivity index (χ0n) is 15.1. The summed E-state index contributed by atoms with van der Waals surface area (Å²) in [6.45, 7) is 4.46. The van der Waals surface area contributed by atoms with Crippen LogP contribution in [-0.2, 0) is 6.54 Å². The van der Waals surface area contributed by atoms with E-state index in [0.29, 0.717) is 19.2 Å². The number of ether oxygens (including phenoxy) is 1. The van der Waals surface area contributed by atoms with E-state index < -0.39 is 0 Å². The zero-order valence-corrected chi connectivity index (χ0v) is 15.1. The number of piperidine rings is 1. The monoisotopic (exact) mass is 345 g/mol. The number of hydrogen-bond acceptors (Lipinski definition) is 3. The molecule has 1 saturated heterocycles. The largest absolute Gasteiger partial charge is 0.490 e. The average molecular weight is 345 g/mol. The maximum absolute atomic E-state index is 12.0. The molecular weight excluding hydrogens is 314 g/mol. The first-order valence-electron chi connectivity index (χ1n) is 9.80. The van der Waals surface area contributed by atoms with Crippen molar-refractivity contribution in [3.63, 3.8) is 0 Å². The molecule has 0 atom stereocenters. The molecule has 1 heterocycles. The van der Waals surface area contributed by atoms with E-state index >= 15 is 0 Å². The van der Waals surface area contributed by atoms with Crippen molar-refractivity contribution < 1.29 is 9.53 Å². The Bertz CT molecular complexity index is 537. The molecular formula is C20H31N3O2. The number of likely N-dealkylation sites (tertiary alicyclic amines) is 1. The first-order chi connectivity index (χ1) is 12.3. The molecule has 2 fully saturated rings. The fraction of sp³-hybridized carbons (Fsp3) is 0.650. The van der Waals surface area contributed by atoms with Crippen LogP contribution in [0.15, 0.2) is 24.3 Å². The molecule has 0 aromatic heterocycles. The van der Waals surface area contributed by atoms with Crippen LogP contribution in [0.5, 0.6) is 5.75 Å². The van der Waals surface area contributed by atoms with Gasteiger partial charge in [-0.05, 0) is 57.7 Å². The summed E-state index contributed by atoms with van der Waals surface area (Å²) in [4.78, 5) is 14.5. The Balaban J connectivity index is 1.39. The van der Waals surface area contributed by atoms with E-state index in [0.717, 1.165) is 43.8 Å². The Morgan fingerprint density at radius 1 is 1.04 bits per heavy atom. The highest BCUT2D eigenvalue weighted by Gasteiger charge is 2.18. The molecule has 1 aliphatic heterocycles. The maximum Gasteiger partial charge on any atom is 0.315 e. The molecule has 3 rings (SSSR count). The molecule has 5 nitrogen and oxygen atoms in total. The van der Waals surface area contributed by atoms with Gasteiger partial charge in [-0.2, -0.15) is 0 Å². The molecule has 5 heteroatoms. The highest BCUT2D eigenvalue weighted by molar-refractivity contribution is 5.73. The summed E-state index contributed by atoms with van der Waals surface area (Å²) < 4.78 is 6.12. The van der Waals surface area contributed by atoms with Gasteiger partial charge in [-0.3, -0.25) is 0 Å². The van der Waals surface area contributed by atoms with Gasteiger partial charge in [-0.25, -0.2) is 4.79 Å². The third-order valence-corrected chi connectivity index (χ3v) is 5.17. The molecule has 25 heavy (non-hydrogen) atoms. The van der Waals surface area contributed by atoms with Gasteiger partial charge < -0.3 is 20.3 Å². The summed E-state index contributed by atoms with van der Waals surface area (Å²) in [6, 6.07) is 7.91. The van der Waals surface area contributed by atoms with Crippen molar-refractivity contribution in [1.29, 1.82) is 0 Å². The summed E-state index contributed by atoms with van der Waals surface area (Å²) in [5.74, 6) is 0.906. The maximum atomic E-state index is 12.0. The summed E-state index contributed by atoms with van der Waals surface area (Å²) in [6.07, 6.45) is 9.02. The minimum atomic E-state index is -0.104. The Hall–Kier alpha value is -1.75. The van der Waals surface area contributed by atoms with Gasteiger partial charge in [0.05, 0.1) is 6.10 Å². The van der Waals surface area contributed by atoms with Crippen LogP contribution in [-0.4, -0.2) is 43.2 Å². The fourth-order valence-corrected chi connectivity index (χ4v) is 3.70. The normalized spacial score (nSPS) is 18.9. The van der Waals surface area contributed by atoms with E-state index in [4.69, 9.17) is 4.74 Å². The van der Waals surface area contributed by atoms with Crippen LogP contribution >= 0.6 is 0 Å². The average Bonchev–Trinajstić information content (AvgIpc) is 3.15. The van der Waals surface area contributed by atoms with Crippen LogP contribution in [0.2, 0.25) is 0 Å². The van der Waals surface area contributed by atoms with E-state index in [-0.39, 0.29) is 6.03 Å². The predicted octanol–water partition coefficient (Wildman–Crippen LogP) is 3.29. The molecule has 1 aromatic carbocycles. The van der Waals surface area contributed by atoms with Gasteiger partial charge in [0.1, 0.15) is 5.75 Å². The van der Waals surface area contributed by atoms with Crippen molar-refractivity contribution in [2.24, 2.45) is 0 Å². The molecule has 2 amide bonds. The van der Waals surface area contributed by atoms with Crippen molar-refractivity contribution >= 4 is 6.03 Å². The van der Waals surface area contributed by atoms with E-state index in [1.807, 2.05) is 24.3 Å². The van der Waals surface area contributed by atoms with Crippen molar-refractivity contribution in [2.45, 2.75) is 57.6 Å². The lowest BCUT2D eigenvalue weighted by molar-refractivity contribution is 0.207. The minimum absolute atomic E-state index is 0.104. The number of benzene rings is 1. The van der Waals surface area contributed by atoms with Gasteiger partial charge in [0, 0.05) is 25.2 Å². The molecule has 0 bridgehead atoms. The summed E-state index contributed by atoms with van der Waals surface area (Å²) >= 11 is 0. The highest BCUT2D eigenvalue weighted by Crippen LogP contribution is 2.26. The molecule has 0 spiro atoms. The number of nitrogens with zero attached hydrogens (tertiary/aromatic N) is 1. The quantitative estimate of drug-likeness (QED) is 0.797. The van der Waals surface area contributed by atoms with Crippen LogP contribution in [0.4, 0.5) is 4.79 Å². The van der Waals surface area contributed by atoms with E-state index in [9.17, 15) is 4.79 Å². The lowest BCUT2D eigenvalue weighted by Crippen LogP contribution is -2.41. The number of nitrogens with one attached hydrogen (secondary N) is 2. The topological polar surface area (TPSA) is 53.6 Å². The predicted molar refractivity (Wildman–Crippen MR) is 99.9 cm³/mol. The van der Waals surface area contributed by atoms with E-state index in [1.165, 1.54) is 32.1 Å². The molecule has 1 aliphatic carbocycles. The summed E-state index contributed by atoms with van der Waals surface area (Å²) in [7, 11) is 0. The van der Waals surface area contributed by atoms with Gasteiger partial charge in [0.15, 0.2) is 0 Å². The standard InChI is InChI=1S/C20H31N3O2/c24-20(21-12-15-23-13-6-1-7-14-23)22-16-17-8-2-5-11-19(17)25-18-9-3-4-10-18/h2,5,8,11,18H,1,3-4,6-7,9-10,12-16H2,(H2,21,22,24). The van der Waals surface area contributed by atoms with Crippen molar-refractivity contribution in [1.82, 2.24) is 15.5 Å². The van der Waals surface area contributed by atoms with Crippen molar-refractivity contribution in [3.8, 4) is 5.75 Å². The molecule has 1 saturated carbocycles. The molecule has 138 valence electrons. The van der Waals surface area contributed by atoms with Gasteiger partial charge in [0.2, 0.25) is 0 Å². The number of rotatable bonds is 7. The highest BCUT2D eigenvalue weighted by atomic mass is 16.5. The molecule has 0 radical (unpaired) electrons. The first kappa shape index (κ1) is 18.1. The third-order valence-electron chi connectivity index (χ3n) is 5.17. The molecule has 0 unspecified atom stereocenters. The number of carbonyl (C=O) groups is 1. The van der Waals surface area contributed by atoms with Gasteiger partial charge in [-0.1, -0.05) is 24.6 Å². The van der Waals surface area contributed by atoms with Gasteiger partial charge >= 0.3 is 6.03 Å². The van der Waals surface area contributed by atoms with E-state index in [2.05, 4.69) is 15.5 Å². The zero-order chi connectivity index (χ0) is 17.3. The summed E-state index contributed by atoms with van der Waals surface area (Å²) in [5.41, 5.74) is 1.04. The first-order valence-corrected chi connectivity index (χ1v) is 9.80. The smallest absolute Gasteiger partial charge is 0.315 e. The number of urea groups is 1. The number of hydrogen-bond donors (Lipinski definition) is 2. The van der Waals surface area contributed by atoms with Crippen LogP contribution in [0.1, 0.15) is 50.5 Å². The van der Waals surface area contributed by atoms with Crippen molar-refractivity contribution in [3.05, 3.63) is 29.8 Å². The lowest BCUT2D eigenvalue weighted by Gasteiger charge is -2.26. The fourth-order valence-electron chi connectivity index (χ4n) is 3.70. The van der Waals surface area contributed by atoms with E-state index in [1.54, 1.807) is 0 Å². The number of para-hydroxylation sites is 1. The molecule has 2 aliphatic rings. The Morgan fingerprint density at radius 3 is 2.60 bits per heavy atom. The van der Waals surface area contributed by atoms with Crippen LogP contribution < -0.4 is 15.4 Å². The van der Waals surface area contributed by atoms with Crippen LogP contribution in [0.25, 0.3) is 0 Å². The molecule has 2 N–H and O–H groups in total. The second-order valence-electron chi connectivity index (χ2n) is 7.14. The number of amides is 2. The van der Waals surface area contributed by atoms with Crippen LogP contribution in [0, 0.1) is 0 Å². The second-order valence-corrected chi connectivity index (χ2v) is 7.14. The Labute approximate surface area is 151 Å². The summed E-state index contributed by atoms with van der Waals surface area (Å²) in [5, 5.41) is 5.91. The molecule has 1 aromatic rings. The van der Waals surface area contributed by atoms with Gasteiger partial charge in [0.25, 0.3) is 0 Å². The van der Waals surface area contributed by atoms with Gasteiger partial charge in [-0.15, -0.1) is 0 Å². The van der Waals surface area contributed by atoms with Crippen LogP contribution in [0.3, 0.4) is 0 Å². The number of carbonyl (C=O) groups excluding carboxylic acids is 1. The lowest BCUT2D eigenvalue weighted by atomic mass is 10.1. The Kier molecular flexibility index (Phi) is 6.98. The van der Waals surface area contributed by atoms with Crippen molar-refractivity contribution in [2.75, 3.05) is 26.2 Å². The Morgan fingerprint density at radius 2 is 1.80 bits per heavy atom. The SMILES string of the molecule is O=C(NCCN1CCCCC1)NCc1ccccc1OC1CCCC1. The minimum Gasteiger partial charge on any atom is -0.490 e.